The molecular weight excluding hydrogens is 346 g/mol. The minimum atomic E-state index is -3.57. The van der Waals surface area contributed by atoms with Crippen LogP contribution in [-0.4, -0.2) is 28.2 Å². The van der Waals surface area contributed by atoms with E-state index >= 15 is 0 Å². The first-order valence-electron chi connectivity index (χ1n) is 9.05. The van der Waals surface area contributed by atoms with Gasteiger partial charge >= 0.3 is 0 Å². The van der Waals surface area contributed by atoms with Crippen LogP contribution in [0.1, 0.15) is 35.1 Å². The molecule has 1 aliphatic rings. The van der Waals surface area contributed by atoms with Gasteiger partial charge in [0.25, 0.3) is 0 Å². The van der Waals surface area contributed by atoms with E-state index in [0.717, 1.165) is 29.5 Å². The Balaban J connectivity index is 1.90. The lowest BCUT2D eigenvalue weighted by Gasteiger charge is -2.38. The van der Waals surface area contributed by atoms with Gasteiger partial charge in [0.05, 0.1) is 4.90 Å². The molecule has 0 aromatic heterocycles. The third kappa shape index (κ3) is 3.85. The van der Waals surface area contributed by atoms with Crippen LogP contribution in [0.2, 0.25) is 0 Å². The molecule has 0 spiro atoms. The largest absolute Gasteiger partial charge is 0.381 e. The van der Waals surface area contributed by atoms with Gasteiger partial charge < -0.3 is 4.74 Å². The molecule has 0 aliphatic carbocycles. The molecule has 1 saturated heterocycles. The van der Waals surface area contributed by atoms with Crippen LogP contribution in [0.3, 0.4) is 0 Å². The minimum Gasteiger partial charge on any atom is -0.381 e. The summed E-state index contributed by atoms with van der Waals surface area (Å²) in [5.41, 5.74) is 3.60. The molecule has 5 heteroatoms. The monoisotopic (exact) mass is 373 g/mol. The maximum absolute atomic E-state index is 13.1. The minimum absolute atomic E-state index is 0.223. The molecule has 1 N–H and O–H groups in total. The number of ether oxygens (including phenoxy) is 1. The molecule has 0 atom stereocenters. The number of hydrogen-bond donors (Lipinski definition) is 1. The first kappa shape index (κ1) is 19.1. The highest BCUT2D eigenvalue weighted by atomic mass is 32.2. The summed E-state index contributed by atoms with van der Waals surface area (Å²) in [4.78, 5) is 0.401. The van der Waals surface area contributed by atoms with Gasteiger partial charge in [0.15, 0.2) is 0 Å². The van der Waals surface area contributed by atoms with Crippen molar-refractivity contribution < 1.29 is 13.2 Å². The van der Waals surface area contributed by atoms with Gasteiger partial charge in [0.1, 0.15) is 0 Å². The molecule has 1 fully saturated rings. The van der Waals surface area contributed by atoms with Crippen LogP contribution < -0.4 is 4.72 Å². The Morgan fingerprint density at radius 2 is 1.58 bits per heavy atom. The van der Waals surface area contributed by atoms with Crippen LogP contribution in [0.4, 0.5) is 0 Å². The van der Waals surface area contributed by atoms with Crippen molar-refractivity contribution in [1.82, 2.24) is 4.72 Å². The maximum atomic E-state index is 13.1. The molecule has 0 saturated carbocycles. The van der Waals surface area contributed by atoms with Gasteiger partial charge in [-0.05, 0) is 50.3 Å². The quantitative estimate of drug-likeness (QED) is 0.871. The van der Waals surface area contributed by atoms with Crippen LogP contribution in [0.25, 0.3) is 0 Å². The molecular formula is C21H27NO3S. The lowest BCUT2D eigenvalue weighted by atomic mass is 9.74. The summed E-state index contributed by atoms with van der Waals surface area (Å²) in [5, 5.41) is 0. The third-order valence-electron chi connectivity index (χ3n) is 5.31. The topological polar surface area (TPSA) is 55.4 Å². The van der Waals surface area contributed by atoms with E-state index < -0.39 is 10.0 Å². The van der Waals surface area contributed by atoms with E-state index in [2.05, 4.69) is 16.9 Å². The van der Waals surface area contributed by atoms with Crippen molar-refractivity contribution in [3.8, 4) is 0 Å². The Hall–Kier alpha value is -1.69. The van der Waals surface area contributed by atoms with Crippen molar-refractivity contribution in [3.05, 3.63) is 64.7 Å². The second-order valence-electron chi connectivity index (χ2n) is 7.31. The summed E-state index contributed by atoms with van der Waals surface area (Å²) in [7, 11) is -3.57. The zero-order valence-electron chi connectivity index (χ0n) is 15.7. The molecule has 4 nitrogen and oxygen atoms in total. The number of sulfonamides is 1. The average molecular weight is 374 g/mol. The van der Waals surface area contributed by atoms with E-state index in [-0.39, 0.29) is 5.41 Å². The van der Waals surface area contributed by atoms with Crippen molar-refractivity contribution in [3.63, 3.8) is 0 Å². The first-order valence-corrected chi connectivity index (χ1v) is 10.5. The molecule has 0 bridgehead atoms. The summed E-state index contributed by atoms with van der Waals surface area (Å²) in [6.45, 7) is 7.39. The Morgan fingerprint density at radius 1 is 1.00 bits per heavy atom. The predicted octanol–water partition coefficient (Wildman–Crippen LogP) is 3.64. The van der Waals surface area contributed by atoms with Gasteiger partial charge in [-0.1, -0.05) is 48.0 Å². The standard InChI is InChI=1S/C21H27NO3S/c1-16-13-17(2)20(18(3)14-16)26(23,24)22-15-21(9-11-25-12-10-21)19-7-5-4-6-8-19/h4-8,13-14,22H,9-12,15H2,1-3H3. The van der Waals surface area contributed by atoms with Gasteiger partial charge in [-0.25, -0.2) is 13.1 Å². The Morgan fingerprint density at radius 3 is 2.15 bits per heavy atom. The van der Waals surface area contributed by atoms with E-state index in [1.807, 2.05) is 51.1 Å². The fourth-order valence-corrected chi connectivity index (χ4v) is 5.59. The van der Waals surface area contributed by atoms with E-state index in [1.165, 1.54) is 5.56 Å². The van der Waals surface area contributed by atoms with Crippen LogP contribution in [0.5, 0.6) is 0 Å². The predicted molar refractivity (Wildman–Crippen MR) is 104 cm³/mol. The van der Waals surface area contributed by atoms with Crippen LogP contribution in [0, 0.1) is 20.8 Å². The van der Waals surface area contributed by atoms with E-state index in [0.29, 0.717) is 24.7 Å². The highest BCUT2D eigenvalue weighted by Gasteiger charge is 2.36. The Kier molecular flexibility index (Phi) is 5.51. The van der Waals surface area contributed by atoms with Crippen molar-refractivity contribution >= 4 is 10.0 Å². The van der Waals surface area contributed by atoms with Gasteiger partial charge in [-0.15, -0.1) is 0 Å². The highest BCUT2D eigenvalue weighted by Crippen LogP contribution is 2.35. The third-order valence-corrected chi connectivity index (χ3v) is 7.02. The second kappa shape index (κ2) is 7.51. The average Bonchev–Trinajstić information content (AvgIpc) is 2.60. The fourth-order valence-electron chi connectivity index (χ4n) is 4.02. The van der Waals surface area contributed by atoms with Gasteiger partial charge in [0, 0.05) is 25.2 Å². The zero-order chi connectivity index (χ0) is 18.8. The number of hydrogen-bond acceptors (Lipinski definition) is 3. The fraction of sp³-hybridized carbons (Fsp3) is 0.429. The van der Waals surface area contributed by atoms with Crippen LogP contribution >= 0.6 is 0 Å². The van der Waals surface area contributed by atoms with Gasteiger partial charge in [-0.3, -0.25) is 0 Å². The van der Waals surface area contributed by atoms with Gasteiger partial charge in [-0.2, -0.15) is 0 Å². The number of nitrogens with one attached hydrogen (secondary N) is 1. The lowest BCUT2D eigenvalue weighted by Crippen LogP contribution is -2.44. The van der Waals surface area contributed by atoms with E-state index in [9.17, 15) is 8.42 Å². The SMILES string of the molecule is Cc1cc(C)c(S(=O)(=O)NCC2(c3ccccc3)CCOCC2)c(C)c1. The molecule has 2 aromatic rings. The molecule has 3 rings (SSSR count). The molecule has 0 radical (unpaired) electrons. The summed E-state index contributed by atoms with van der Waals surface area (Å²) >= 11 is 0. The van der Waals surface area contributed by atoms with E-state index in [1.54, 1.807) is 0 Å². The van der Waals surface area contributed by atoms with Gasteiger partial charge in [0.2, 0.25) is 10.0 Å². The molecule has 0 unspecified atom stereocenters. The molecule has 0 amide bonds. The zero-order valence-corrected chi connectivity index (χ0v) is 16.5. The normalized spacial score (nSPS) is 17.2. The Bertz CT molecular complexity index is 846. The Labute approximate surface area is 156 Å². The van der Waals surface area contributed by atoms with E-state index in [4.69, 9.17) is 4.74 Å². The smallest absolute Gasteiger partial charge is 0.241 e. The van der Waals surface area contributed by atoms with Crippen molar-refractivity contribution in [1.29, 1.82) is 0 Å². The van der Waals surface area contributed by atoms with Crippen LogP contribution in [-0.2, 0) is 20.2 Å². The second-order valence-corrected chi connectivity index (χ2v) is 9.01. The number of rotatable bonds is 5. The summed E-state index contributed by atoms with van der Waals surface area (Å²) < 4.78 is 34.6. The first-order chi connectivity index (χ1) is 12.3. The van der Waals surface area contributed by atoms with Crippen LogP contribution in [0.15, 0.2) is 47.4 Å². The number of benzene rings is 2. The van der Waals surface area contributed by atoms with Crippen molar-refractivity contribution in [2.75, 3.05) is 19.8 Å². The number of aryl methyl sites for hydroxylation is 3. The molecule has 1 heterocycles. The maximum Gasteiger partial charge on any atom is 0.241 e. The summed E-state index contributed by atoms with van der Waals surface area (Å²) in [5.74, 6) is 0. The molecule has 140 valence electrons. The molecule has 26 heavy (non-hydrogen) atoms. The summed E-state index contributed by atoms with van der Waals surface area (Å²) in [6, 6.07) is 14.0. The lowest BCUT2D eigenvalue weighted by molar-refractivity contribution is 0.0517. The molecule has 2 aromatic carbocycles. The summed E-state index contributed by atoms with van der Waals surface area (Å²) in [6.07, 6.45) is 1.62. The van der Waals surface area contributed by atoms with Crippen molar-refractivity contribution in [2.45, 2.75) is 43.9 Å². The molecule has 1 aliphatic heterocycles. The van der Waals surface area contributed by atoms with Crippen molar-refractivity contribution in [2.24, 2.45) is 0 Å². The highest BCUT2D eigenvalue weighted by molar-refractivity contribution is 7.89.